The zero-order valence-electron chi connectivity index (χ0n) is 24.5. The molecule has 0 bridgehead atoms. The average molecular weight is 589 g/mol. The topological polar surface area (TPSA) is 88.2 Å². The van der Waals surface area contributed by atoms with Gasteiger partial charge in [0.25, 0.3) is 0 Å². The summed E-state index contributed by atoms with van der Waals surface area (Å²) in [6.07, 6.45) is 0. The van der Waals surface area contributed by atoms with Crippen LogP contribution in [0.5, 0.6) is 0 Å². The average Bonchev–Trinajstić information content (AvgIpc) is 3.14. The number of fused-ring (bicyclic) bond motifs is 2. The second kappa shape index (κ2) is 11.5. The molecule has 6 heteroatoms. The van der Waals surface area contributed by atoms with Crippen molar-refractivity contribution in [1.82, 2.24) is 24.9 Å². The Morgan fingerprint density at radius 1 is 0.370 bits per heavy atom. The van der Waals surface area contributed by atoms with Crippen LogP contribution >= 0.6 is 0 Å². The Kier molecular flexibility index (Phi) is 6.75. The van der Waals surface area contributed by atoms with Gasteiger partial charge in [0.2, 0.25) is 0 Å². The number of nitrogens with zero attached hydrogens (tertiary/aromatic N) is 6. The first-order valence-electron chi connectivity index (χ1n) is 14.9. The maximum absolute atomic E-state index is 9.38. The van der Waals surface area contributed by atoms with Crippen LogP contribution < -0.4 is 0 Å². The van der Waals surface area contributed by atoms with Crippen LogP contribution in [0.3, 0.4) is 0 Å². The Bertz CT molecular complexity index is 2360. The smallest absolute Gasteiger partial charge is 0.164 e. The molecule has 0 spiro atoms. The van der Waals surface area contributed by atoms with Crippen LogP contribution in [0.4, 0.5) is 0 Å². The van der Waals surface area contributed by atoms with Crippen LogP contribution in [0.1, 0.15) is 5.56 Å². The Labute approximate surface area is 265 Å². The fourth-order valence-corrected chi connectivity index (χ4v) is 5.73. The highest BCUT2D eigenvalue weighted by molar-refractivity contribution is 6.05. The molecule has 46 heavy (non-hydrogen) atoms. The Hall–Kier alpha value is -6.58. The fourth-order valence-electron chi connectivity index (χ4n) is 5.73. The van der Waals surface area contributed by atoms with Crippen molar-refractivity contribution in [2.45, 2.75) is 0 Å². The van der Waals surface area contributed by atoms with E-state index < -0.39 is 0 Å². The number of para-hydroxylation sites is 2. The second-order valence-electron chi connectivity index (χ2n) is 10.8. The first-order valence-corrected chi connectivity index (χ1v) is 14.9. The van der Waals surface area contributed by atoms with Gasteiger partial charge >= 0.3 is 0 Å². The number of rotatable bonds is 5. The summed E-state index contributed by atoms with van der Waals surface area (Å²) in [4.78, 5) is 25.1. The lowest BCUT2D eigenvalue weighted by molar-refractivity contribution is 1.08. The van der Waals surface area contributed by atoms with Crippen molar-refractivity contribution in [3.8, 4) is 62.7 Å². The standard InChI is InChI=1S/C40H24N6/c41-25-26-21-23-27(24-22-26)36-37(43-35-20-8-7-19-34(35)42-36)32-17-9-16-31-30(32)15-10-18-33(31)40-45-38(28-11-3-1-4-12-28)44-39(46-40)29-13-5-2-6-14-29/h1-24H. The van der Waals surface area contributed by atoms with E-state index in [9.17, 15) is 5.26 Å². The summed E-state index contributed by atoms with van der Waals surface area (Å²) in [6.45, 7) is 0. The Morgan fingerprint density at radius 2 is 0.870 bits per heavy atom. The molecular weight excluding hydrogens is 564 g/mol. The molecule has 6 aromatic carbocycles. The van der Waals surface area contributed by atoms with E-state index in [1.807, 2.05) is 121 Å². The summed E-state index contributed by atoms with van der Waals surface area (Å²) in [5.41, 5.74) is 8.27. The molecular formula is C40H24N6. The molecule has 6 nitrogen and oxygen atoms in total. The van der Waals surface area contributed by atoms with E-state index in [4.69, 9.17) is 24.9 Å². The number of hydrogen-bond donors (Lipinski definition) is 0. The highest BCUT2D eigenvalue weighted by Gasteiger charge is 2.19. The summed E-state index contributed by atoms with van der Waals surface area (Å²) in [6, 6.07) is 49.9. The lowest BCUT2D eigenvalue weighted by Gasteiger charge is -2.14. The number of aromatic nitrogens is 5. The van der Waals surface area contributed by atoms with Crippen LogP contribution in [0.2, 0.25) is 0 Å². The first-order chi connectivity index (χ1) is 22.7. The van der Waals surface area contributed by atoms with E-state index in [0.717, 1.165) is 61.0 Å². The van der Waals surface area contributed by atoms with E-state index in [0.29, 0.717) is 23.0 Å². The van der Waals surface area contributed by atoms with E-state index in [1.165, 1.54) is 0 Å². The third-order valence-electron chi connectivity index (χ3n) is 7.98. The van der Waals surface area contributed by atoms with Crippen LogP contribution in [0, 0.1) is 11.3 Å². The van der Waals surface area contributed by atoms with Crippen molar-refractivity contribution >= 4 is 21.8 Å². The van der Waals surface area contributed by atoms with Gasteiger partial charge in [-0.2, -0.15) is 5.26 Å². The third kappa shape index (κ3) is 4.92. The molecule has 214 valence electrons. The van der Waals surface area contributed by atoms with Crippen molar-refractivity contribution in [2.24, 2.45) is 0 Å². The molecule has 0 fully saturated rings. The third-order valence-corrected chi connectivity index (χ3v) is 7.98. The lowest BCUT2D eigenvalue weighted by atomic mass is 9.95. The molecule has 0 amide bonds. The molecule has 0 atom stereocenters. The van der Waals surface area contributed by atoms with Gasteiger partial charge in [0, 0.05) is 27.8 Å². The predicted molar refractivity (Wildman–Crippen MR) is 182 cm³/mol. The van der Waals surface area contributed by atoms with Gasteiger partial charge in [-0.3, -0.25) is 0 Å². The number of nitriles is 1. The molecule has 2 heterocycles. The van der Waals surface area contributed by atoms with Crippen molar-refractivity contribution in [3.63, 3.8) is 0 Å². The molecule has 0 radical (unpaired) electrons. The van der Waals surface area contributed by atoms with Gasteiger partial charge in [-0.1, -0.05) is 121 Å². The minimum Gasteiger partial charge on any atom is -0.244 e. The molecule has 0 N–H and O–H groups in total. The van der Waals surface area contributed by atoms with E-state index in [1.54, 1.807) is 0 Å². The van der Waals surface area contributed by atoms with Gasteiger partial charge < -0.3 is 0 Å². The van der Waals surface area contributed by atoms with Crippen LogP contribution in [0.25, 0.3) is 78.5 Å². The zero-order valence-corrected chi connectivity index (χ0v) is 24.5. The van der Waals surface area contributed by atoms with Gasteiger partial charge in [0.1, 0.15) is 0 Å². The highest BCUT2D eigenvalue weighted by Crippen LogP contribution is 2.38. The monoisotopic (exact) mass is 588 g/mol. The molecule has 0 saturated heterocycles. The van der Waals surface area contributed by atoms with Gasteiger partial charge in [0.05, 0.1) is 34.1 Å². The first kappa shape index (κ1) is 27.0. The van der Waals surface area contributed by atoms with Gasteiger partial charge in [-0.05, 0) is 35.0 Å². The molecule has 8 rings (SSSR count). The van der Waals surface area contributed by atoms with Crippen LogP contribution in [-0.2, 0) is 0 Å². The van der Waals surface area contributed by atoms with Gasteiger partial charge in [-0.25, -0.2) is 24.9 Å². The molecule has 8 aromatic rings. The molecule has 0 aliphatic carbocycles. The Morgan fingerprint density at radius 3 is 1.46 bits per heavy atom. The normalized spacial score (nSPS) is 11.0. The molecule has 0 saturated carbocycles. The lowest BCUT2D eigenvalue weighted by Crippen LogP contribution is -2.01. The zero-order chi connectivity index (χ0) is 30.9. The van der Waals surface area contributed by atoms with E-state index >= 15 is 0 Å². The SMILES string of the molecule is N#Cc1ccc(-c2nc3ccccc3nc2-c2cccc3c(-c4nc(-c5ccccc5)nc(-c5ccccc5)n4)cccc23)cc1. The van der Waals surface area contributed by atoms with Gasteiger partial charge in [0.15, 0.2) is 17.5 Å². The van der Waals surface area contributed by atoms with Crippen LogP contribution in [0.15, 0.2) is 146 Å². The fraction of sp³-hybridized carbons (Fsp3) is 0. The van der Waals surface area contributed by atoms with Crippen molar-refractivity contribution < 1.29 is 0 Å². The molecule has 0 unspecified atom stereocenters. The highest BCUT2D eigenvalue weighted by atomic mass is 15.0. The molecule has 0 aliphatic heterocycles. The van der Waals surface area contributed by atoms with Gasteiger partial charge in [-0.15, -0.1) is 0 Å². The largest absolute Gasteiger partial charge is 0.244 e. The Balaban J connectivity index is 1.36. The molecule has 0 aliphatic rings. The summed E-state index contributed by atoms with van der Waals surface area (Å²) in [5.74, 6) is 1.81. The second-order valence-corrected chi connectivity index (χ2v) is 10.8. The van der Waals surface area contributed by atoms with Crippen molar-refractivity contribution in [3.05, 3.63) is 151 Å². The minimum absolute atomic E-state index is 0.590. The molecule has 2 aromatic heterocycles. The predicted octanol–water partition coefficient (Wildman–Crippen LogP) is 9.17. The number of hydrogen-bond acceptors (Lipinski definition) is 6. The number of benzene rings is 6. The summed E-state index contributed by atoms with van der Waals surface area (Å²) in [5, 5.41) is 11.4. The van der Waals surface area contributed by atoms with E-state index in [2.05, 4.69) is 30.3 Å². The van der Waals surface area contributed by atoms with Crippen molar-refractivity contribution in [1.29, 1.82) is 5.26 Å². The van der Waals surface area contributed by atoms with Crippen molar-refractivity contribution in [2.75, 3.05) is 0 Å². The quantitative estimate of drug-likeness (QED) is 0.199. The summed E-state index contributed by atoms with van der Waals surface area (Å²) in [7, 11) is 0. The maximum atomic E-state index is 9.38. The minimum atomic E-state index is 0.590. The van der Waals surface area contributed by atoms with E-state index in [-0.39, 0.29) is 0 Å². The summed E-state index contributed by atoms with van der Waals surface area (Å²) >= 11 is 0. The van der Waals surface area contributed by atoms with Crippen LogP contribution in [-0.4, -0.2) is 24.9 Å². The maximum Gasteiger partial charge on any atom is 0.164 e. The summed E-state index contributed by atoms with van der Waals surface area (Å²) < 4.78 is 0.